The van der Waals surface area contributed by atoms with Crippen molar-refractivity contribution < 1.29 is 0 Å². The number of aromatic nitrogens is 1. The lowest BCUT2D eigenvalue weighted by atomic mass is 10.2. The standard InChI is InChI=1S/C13H23N3/c1-3-5-8-16(4-2)11-13-7-6-12(9-14)10-15-13/h6-7,10H,3-5,8-9,11,14H2,1-2H3. The van der Waals surface area contributed by atoms with Crippen molar-refractivity contribution in [1.29, 1.82) is 0 Å². The molecule has 3 nitrogen and oxygen atoms in total. The molecule has 0 aliphatic rings. The molecule has 1 heterocycles. The van der Waals surface area contributed by atoms with E-state index in [1.54, 1.807) is 0 Å². The van der Waals surface area contributed by atoms with E-state index in [1.165, 1.54) is 12.8 Å². The van der Waals surface area contributed by atoms with Crippen LogP contribution in [0.1, 0.15) is 37.9 Å². The van der Waals surface area contributed by atoms with Crippen molar-refractivity contribution in [3.8, 4) is 0 Å². The summed E-state index contributed by atoms with van der Waals surface area (Å²) < 4.78 is 0. The Hall–Kier alpha value is -0.930. The Kier molecular flexibility index (Phi) is 6.04. The van der Waals surface area contributed by atoms with E-state index in [2.05, 4.69) is 35.9 Å². The molecule has 1 rings (SSSR count). The van der Waals surface area contributed by atoms with E-state index < -0.39 is 0 Å². The predicted molar refractivity (Wildman–Crippen MR) is 68.0 cm³/mol. The number of nitrogens with zero attached hydrogens (tertiary/aromatic N) is 2. The summed E-state index contributed by atoms with van der Waals surface area (Å²) in [6.45, 7) is 8.18. The molecule has 0 unspecified atom stereocenters. The zero-order chi connectivity index (χ0) is 11.8. The molecule has 0 saturated heterocycles. The van der Waals surface area contributed by atoms with Crippen LogP contribution in [0.15, 0.2) is 18.3 Å². The highest BCUT2D eigenvalue weighted by molar-refractivity contribution is 5.13. The van der Waals surface area contributed by atoms with Gasteiger partial charge in [0, 0.05) is 19.3 Å². The van der Waals surface area contributed by atoms with E-state index >= 15 is 0 Å². The Morgan fingerprint density at radius 1 is 1.31 bits per heavy atom. The molecule has 0 aliphatic heterocycles. The maximum absolute atomic E-state index is 5.54. The van der Waals surface area contributed by atoms with E-state index in [0.717, 1.165) is 30.9 Å². The van der Waals surface area contributed by atoms with Crippen LogP contribution in [0.3, 0.4) is 0 Å². The van der Waals surface area contributed by atoms with Crippen LogP contribution in [-0.2, 0) is 13.1 Å². The van der Waals surface area contributed by atoms with Gasteiger partial charge in [0.05, 0.1) is 5.69 Å². The normalized spacial score (nSPS) is 11.0. The van der Waals surface area contributed by atoms with E-state index in [-0.39, 0.29) is 0 Å². The van der Waals surface area contributed by atoms with Gasteiger partial charge in [-0.1, -0.05) is 26.3 Å². The summed E-state index contributed by atoms with van der Waals surface area (Å²) in [5, 5.41) is 0. The van der Waals surface area contributed by atoms with Gasteiger partial charge >= 0.3 is 0 Å². The quantitative estimate of drug-likeness (QED) is 0.767. The van der Waals surface area contributed by atoms with Crippen LogP contribution in [0, 0.1) is 0 Å². The second kappa shape index (κ2) is 7.36. The topological polar surface area (TPSA) is 42.1 Å². The first-order chi connectivity index (χ1) is 7.80. The Bertz CT molecular complexity index is 282. The highest BCUT2D eigenvalue weighted by Crippen LogP contribution is 2.04. The van der Waals surface area contributed by atoms with Gasteiger partial charge in [0.2, 0.25) is 0 Å². The molecule has 3 heteroatoms. The van der Waals surface area contributed by atoms with Gasteiger partial charge < -0.3 is 5.73 Å². The van der Waals surface area contributed by atoms with Crippen LogP contribution in [0.25, 0.3) is 0 Å². The molecule has 0 saturated carbocycles. The molecule has 0 spiro atoms. The number of rotatable bonds is 7. The maximum Gasteiger partial charge on any atom is 0.0544 e. The summed E-state index contributed by atoms with van der Waals surface area (Å²) in [6.07, 6.45) is 4.38. The first kappa shape index (κ1) is 13.1. The highest BCUT2D eigenvalue weighted by atomic mass is 15.1. The number of pyridine rings is 1. The number of unbranched alkanes of at least 4 members (excludes halogenated alkanes) is 1. The van der Waals surface area contributed by atoms with Crippen molar-refractivity contribution in [3.63, 3.8) is 0 Å². The summed E-state index contributed by atoms with van der Waals surface area (Å²) in [7, 11) is 0. The molecule has 0 atom stereocenters. The van der Waals surface area contributed by atoms with Crippen LogP contribution in [0.2, 0.25) is 0 Å². The monoisotopic (exact) mass is 221 g/mol. The molecule has 2 N–H and O–H groups in total. The van der Waals surface area contributed by atoms with Crippen LogP contribution in [0.4, 0.5) is 0 Å². The van der Waals surface area contributed by atoms with Crippen LogP contribution in [-0.4, -0.2) is 23.0 Å². The molecule has 0 amide bonds. The zero-order valence-electron chi connectivity index (χ0n) is 10.4. The van der Waals surface area contributed by atoms with Crippen molar-refractivity contribution in [2.75, 3.05) is 13.1 Å². The summed E-state index contributed by atoms with van der Waals surface area (Å²) in [6, 6.07) is 4.15. The fraction of sp³-hybridized carbons (Fsp3) is 0.615. The van der Waals surface area contributed by atoms with Crippen molar-refractivity contribution >= 4 is 0 Å². The van der Waals surface area contributed by atoms with Crippen LogP contribution in [0.5, 0.6) is 0 Å². The highest BCUT2D eigenvalue weighted by Gasteiger charge is 2.03. The van der Waals surface area contributed by atoms with E-state index in [0.29, 0.717) is 6.54 Å². The van der Waals surface area contributed by atoms with E-state index in [1.807, 2.05) is 6.20 Å². The van der Waals surface area contributed by atoms with Crippen LogP contribution >= 0.6 is 0 Å². The molecule has 1 aromatic rings. The Morgan fingerprint density at radius 2 is 2.12 bits per heavy atom. The summed E-state index contributed by atoms with van der Waals surface area (Å²) in [5.41, 5.74) is 7.77. The SMILES string of the molecule is CCCCN(CC)Cc1ccc(CN)cn1. The Labute approximate surface area is 98.7 Å². The predicted octanol–water partition coefficient (Wildman–Crippen LogP) is 2.16. The molecule has 90 valence electrons. The number of hydrogen-bond donors (Lipinski definition) is 1. The summed E-state index contributed by atoms with van der Waals surface area (Å²) in [5.74, 6) is 0. The third-order valence-electron chi connectivity index (χ3n) is 2.78. The van der Waals surface area contributed by atoms with E-state index in [9.17, 15) is 0 Å². The first-order valence-electron chi connectivity index (χ1n) is 6.16. The number of nitrogens with two attached hydrogens (primary N) is 1. The summed E-state index contributed by atoms with van der Waals surface area (Å²) in [4.78, 5) is 6.85. The lowest BCUT2D eigenvalue weighted by Gasteiger charge is -2.19. The number of hydrogen-bond acceptors (Lipinski definition) is 3. The van der Waals surface area contributed by atoms with Crippen LogP contribution < -0.4 is 5.73 Å². The third-order valence-corrected chi connectivity index (χ3v) is 2.78. The van der Waals surface area contributed by atoms with Crippen molar-refractivity contribution in [2.24, 2.45) is 5.73 Å². The van der Waals surface area contributed by atoms with Crippen molar-refractivity contribution in [3.05, 3.63) is 29.6 Å². The molecule has 0 fully saturated rings. The van der Waals surface area contributed by atoms with E-state index in [4.69, 9.17) is 5.73 Å². The van der Waals surface area contributed by atoms with Gasteiger partial charge in [0.1, 0.15) is 0 Å². The average molecular weight is 221 g/mol. The molecule has 1 aromatic heterocycles. The van der Waals surface area contributed by atoms with Gasteiger partial charge in [-0.25, -0.2) is 0 Å². The molecular formula is C13H23N3. The second-order valence-corrected chi connectivity index (χ2v) is 4.08. The smallest absolute Gasteiger partial charge is 0.0544 e. The van der Waals surface area contributed by atoms with Crippen molar-refractivity contribution in [2.45, 2.75) is 39.8 Å². The minimum atomic E-state index is 0.570. The first-order valence-corrected chi connectivity index (χ1v) is 6.16. The molecule has 0 aliphatic carbocycles. The van der Waals surface area contributed by atoms with Gasteiger partial charge in [-0.05, 0) is 31.1 Å². The molecule has 0 bridgehead atoms. The van der Waals surface area contributed by atoms with Gasteiger partial charge in [-0.2, -0.15) is 0 Å². The molecule has 0 aromatic carbocycles. The second-order valence-electron chi connectivity index (χ2n) is 4.08. The Morgan fingerprint density at radius 3 is 2.62 bits per heavy atom. The van der Waals surface area contributed by atoms with Gasteiger partial charge in [-0.3, -0.25) is 9.88 Å². The van der Waals surface area contributed by atoms with Gasteiger partial charge in [0.15, 0.2) is 0 Å². The summed E-state index contributed by atoms with van der Waals surface area (Å²) >= 11 is 0. The Balaban J connectivity index is 2.49. The zero-order valence-corrected chi connectivity index (χ0v) is 10.4. The largest absolute Gasteiger partial charge is 0.326 e. The lowest BCUT2D eigenvalue weighted by molar-refractivity contribution is 0.272. The maximum atomic E-state index is 5.54. The van der Waals surface area contributed by atoms with Gasteiger partial charge in [0.25, 0.3) is 0 Å². The van der Waals surface area contributed by atoms with Crippen molar-refractivity contribution in [1.82, 2.24) is 9.88 Å². The fourth-order valence-electron chi connectivity index (χ4n) is 1.63. The fourth-order valence-corrected chi connectivity index (χ4v) is 1.63. The molecule has 16 heavy (non-hydrogen) atoms. The average Bonchev–Trinajstić information content (AvgIpc) is 2.35. The molecular weight excluding hydrogens is 198 g/mol. The minimum absolute atomic E-state index is 0.570. The minimum Gasteiger partial charge on any atom is -0.326 e. The molecule has 0 radical (unpaired) electrons. The lowest BCUT2D eigenvalue weighted by Crippen LogP contribution is -2.24. The van der Waals surface area contributed by atoms with Gasteiger partial charge in [-0.15, -0.1) is 0 Å². The third kappa shape index (κ3) is 4.29.